The van der Waals surface area contributed by atoms with Gasteiger partial charge in [0.05, 0.1) is 21.4 Å². The van der Waals surface area contributed by atoms with Gasteiger partial charge in [0.15, 0.2) is 0 Å². The van der Waals surface area contributed by atoms with Crippen LogP contribution in [0.25, 0.3) is 0 Å². The molecule has 0 bridgehead atoms. The molecule has 0 spiro atoms. The second-order valence-corrected chi connectivity index (χ2v) is 5.77. The van der Waals surface area contributed by atoms with Crippen molar-refractivity contribution in [3.63, 3.8) is 0 Å². The number of hydrogen-bond donors (Lipinski definition) is 2. The summed E-state index contributed by atoms with van der Waals surface area (Å²) in [5.41, 5.74) is 7.95. The summed E-state index contributed by atoms with van der Waals surface area (Å²) in [6, 6.07) is 3.51. The van der Waals surface area contributed by atoms with Gasteiger partial charge in [0.2, 0.25) is 0 Å². The highest BCUT2D eigenvalue weighted by Crippen LogP contribution is 2.49. The predicted octanol–water partition coefficient (Wildman–Crippen LogP) is 4.57. The summed E-state index contributed by atoms with van der Waals surface area (Å²) < 4.78 is 0. The second-order valence-electron chi connectivity index (χ2n) is 4.96. The van der Waals surface area contributed by atoms with E-state index in [-0.39, 0.29) is 0 Å². The van der Waals surface area contributed by atoms with Crippen LogP contribution in [0.2, 0.25) is 10.0 Å². The average molecular weight is 273 g/mol. The van der Waals surface area contributed by atoms with Crippen molar-refractivity contribution in [1.29, 1.82) is 0 Å². The molecule has 4 heteroatoms. The Balaban J connectivity index is 2.02. The Morgan fingerprint density at radius 1 is 1.29 bits per heavy atom. The van der Waals surface area contributed by atoms with Gasteiger partial charge in [-0.25, -0.2) is 0 Å². The number of anilines is 2. The summed E-state index contributed by atoms with van der Waals surface area (Å²) >= 11 is 11.9. The summed E-state index contributed by atoms with van der Waals surface area (Å²) in [4.78, 5) is 0. The molecule has 0 aliphatic heterocycles. The third kappa shape index (κ3) is 2.99. The maximum atomic E-state index is 5.99. The summed E-state index contributed by atoms with van der Waals surface area (Å²) in [7, 11) is 0. The molecule has 1 aliphatic carbocycles. The van der Waals surface area contributed by atoms with Gasteiger partial charge in [0, 0.05) is 6.54 Å². The standard InChI is InChI=1S/C13H18Cl2N2/c1-2-3-13(4-5-13)8-17-12-7-10(15)9(14)6-11(12)16/h6-7,17H,2-5,8,16H2,1H3. The van der Waals surface area contributed by atoms with Crippen molar-refractivity contribution in [2.75, 3.05) is 17.6 Å². The lowest BCUT2D eigenvalue weighted by molar-refractivity contribution is 0.486. The predicted molar refractivity (Wildman–Crippen MR) is 75.9 cm³/mol. The fourth-order valence-electron chi connectivity index (χ4n) is 2.22. The first-order valence-electron chi connectivity index (χ1n) is 6.05. The zero-order chi connectivity index (χ0) is 12.5. The second kappa shape index (κ2) is 4.95. The average Bonchev–Trinajstić information content (AvgIpc) is 3.03. The van der Waals surface area contributed by atoms with Crippen LogP contribution in [0.5, 0.6) is 0 Å². The summed E-state index contributed by atoms with van der Waals surface area (Å²) in [6.07, 6.45) is 5.14. The lowest BCUT2D eigenvalue weighted by Gasteiger charge is -2.17. The molecule has 1 aliphatic rings. The molecule has 1 fully saturated rings. The Labute approximate surface area is 112 Å². The van der Waals surface area contributed by atoms with Crippen LogP contribution in [0.15, 0.2) is 12.1 Å². The van der Waals surface area contributed by atoms with Gasteiger partial charge in [0.1, 0.15) is 0 Å². The van der Waals surface area contributed by atoms with Crippen LogP contribution >= 0.6 is 23.2 Å². The third-order valence-electron chi connectivity index (χ3n) is 3.48. The highest BCUT2D eigenvalue weighted by molar-refractivity contribution is 6.42. The Bertz CT molecular complexity index is 414. The number of nitrogen functional groups attached to an aromatic ring is 1. The monoisotopic (exact) mass is 272 g/mol. The molecule has 1 aromatic carbocycles. The molecule has 0 unspecified atom stereocenters. The molecule has 0 saturated heterocycles. The molecule has 2 nitrogen and oxygen atoms in total. The van der Waals surface area contributed by atoms with Crippen LogP contribution in [-0.4, -0.2) is 6.54 Å². The SMILES string of the molecule is CCCC1(CNc2cc(Cl)c(Cl)cc2N)CC1. The fraction of sp³-hybridized carbons (Fsp3) is 0.538. The largest absolute Gasteiger partial charge is 0.397 e. The van der Waals surface area contributed by atoms with E-state index in [9.17, 15) is 0 Å². The van der Waals surface area contributed by atoms with Gasteiger partial charge in [-0.15, -0.1) is 0 Å². The zero-order valence-corrected chi connectivity index (χ0v) is 11.5. The van der Waals surface area contributed by atoms with Gasteiger partial charge in [-0.05, 0) is 36.8 Å². The van der Waals surface area contributed by atoms with Gasteiger partial charge < -0.3 is 11.1 Å². The van der Waals surface area contributed by atoms with Crippen molar-refractivity contribution in [1.82, 2.24) is 0 Å². The number of hydrogen-bond acceptors (Lipinski definition) is 2. The third-order valence-corrected chi connectivity index (χ3v) is 4.21. The van der Waals surface area contributed by atoms with Crippen LogP contribution in [0, 0.1) is 5.41 Å². The molecule has 1 aromatic rings. The van der Waals surface area contributed by atoms with E-state index in [0.717, 1.165) is 12.2 Å². The molecular weight excluding hydrogens is 255 g/mol. The molecule has 2 rings (SSSR count). The minimum Gasteiger partial charge on any atom is -0.397 e. The van der Waals surface area contributed by atoms with Crippen LogP contribution in [0.4, 0.5) is 11.4 Å². The molecule has 0 atom stereocenters. The lowest BCUT2D eigenvalue weighted by atomic mass is 10.0. The van der Waals surface area contributed by atoms with Crippen LogP contribution in [0.1, 0.15) is 32.6 Å². The Hall–Kier alpha value is -0.600. The quantitative estimate of drug-likeness (QED) is 0.771. The molecule has 0 aromatic heterocycles. The Kier molecular flexibility index (Phi) is 3.74. The van der Waals surface area contributed by atoms with Gasteiger partial charge in [-0.2, -0.15) is 0 Å². The first kappa shape index (κ1) is 12.8. The zero-order valence-electron chi connectivity index (χ0n) is 10.0. The molecule has 0 radical (unpaired) electrons. The number of nitrogens with one attached hydrogen (secondary N) is 1. The number of halogens is 2. The van der Waals surface area contributed by atoms with Crippen LogP contribution in [0.3, 0.4) is 0 Å². The van der Waals surface area contributed by atoms with Crippen molar-refractivity contribution in [3.05, 3.63) is 22.2 Å². The summed E-state index contributed by atoms with van der Waals surface area (Å²) in [5.74, 6) is 0. The van der Waals surface area contributed by atoms with Gasteiger partial charge >= 0.3 is 0 Å². The first-order valence-corrected chi connectivity index (χ1v) is 6.80. The van der Waals surface area contributed by atoms with Crippen molar-refractivity contribution >= 4 is 34.6 Å². The van der Waals surface area contributed by atoms with E-state index in [0.29, 0.717) is 21.1 Å². The normalized spacial score (nSPS) is 16.9. The van der Waals surface area contributed by atoms with E-state index in [4.69, 9.17) is 28.9 Å². The van der Waals surface area contributed by atoms with Gasteiger partial charge in [-0.3, -0.25) is 0 Å². The minimum absolute atomic E-state index is 0.493. The van der Waals surface area contributed by atoms with E-state index >= 15 is 0 Å². The van der Waals surface area contributed by atoms with Gasteiger partial charge in [-0.1, -0.05) is 36.5 Å². The first-order chi connectivity index (χ1) is 8.06. The van der Waals surface area contributed by atoms with Crippen molar-refractivity contribution in [3.8, 4) is 0 Å². The van der Waals surface area contributed by atoms with Crippen molar-refractivity contribution < 1.29 is 0 Å². The molecule has 0 heterocycles. The molecule has 94 valence electrons. The van der Waals surface area contributed by atoms with E-state index < -0.39 is 0 Å². The minimum atomic E-state index is 0.493. The molecule has 0 amide bonds. The highest BCUT2D eigenvalue weighted by atomic mass is 35.5. The fourth-order valence-corrected chi connectivity index (χ4v) is 2.56. The molecule has 17 heavy (non-hydrogen) atoms. The molecule has 1 saturated carbocycles. The van der Waals surface area contributed by atoms with E-state index in [1.807, 2.05) is 0 Å². The maximum absolute atomic E-state index is 5.99. The Morgan fingerprint density at radius 2 is 1.94 bits per heavy atom. The van der Waals surface area contributed by atoms with E-state index in [1.54, 1.807) is 12.1 Å². The summed E-state index contributed by atoms with van der Waals surface area (Å²) in [6.45, 7) is 3.20. The molecule has 3 N–H and O–H groups in total. The van der Waals surface area contributed by atoms with Crippen molar-refractivity contribution in [2.45, 2.75) is 32.6 Å². The van der Waals surface area contributed by atoms with Gasteiger partial charge in [0.25, 0.3) is 0 Å². The van der Waals surface area contributed by atoms with Crippen molar-refractivity contribution in [2.24, 2.45) is 5.41 Å². The number of benzene rings is 1. The highest BCUT2D eigenvalue weighted by Gasteiger charge is 2.41. The summed E-state index contributed by atoms with van der Waals surface area (Å²) in [5, 5.41) is 4.45. The lowest BCUT2D eigenvalue weighted by Crippen LogP contribution is -2.16. The number of nitrogens with two attached hydrogens (primary N) is 1. The van der Waals surface area contributed by atoms with Crippen LogP contribution in [-0.2, 0) is 0 Å². The number of rotatable bonds is 5. The maximum Gasteiger partial charge on any atom is 0.0614 e. The smallest absolute Gasteiger partial charge is 0.0614 e. The molecular formula is C13H18Cl2N2. The van der Waals surface area contributed by atoms with E-state index in [2.05, 4.69) is 12.2 Å². The van der Waals surface area contributed by atoms with Crippen LogP contribution < -0.4 is 11.1 Å². The van der Waals surface area contributed by atoms with E-state index in [1.165, 1.54) is 25.7 Å². The topological polar surface area (TPSA) is 38.0 Å². The Morgan fingerprint density at radius 3 is 2.53 bits per heavy atom.